The second-order valence-corrected chi connectivity index (χ2v) is 3.10. The second-order valence-electron chi connectivity index (χ2n) is 2.73. The van der Waals surface area contributed by atoms with E-state index in [1.54, 1.807) is 6.92 Å². The molecule has 0 aliphatic carbocycles. The molecule has 0 radical (unpaired) electrons. The summed E-state index contributed by atoms with van der Waals surface area (Å²) in [5, 5.41) is 17.5. The molecule has 1 aromatic rings. The summed E-state index contributed by atoms with van der Waals surface area (Å²) in [7, 11) is 0. The first-order chi connectivity index (χ1) is 6.45. The topological polar surface area (TPSA) is 74.6 Å². The highest BCUT2D eigenvalue weighted by Gasteiger charge is 2.20. The largest absolute Gasteiger partial charge is 0.506 e. The Hall–Kier alpha value is -1.55. The quantitative estimate of drug-likeness (QED) is 0.580. The smallest absolute Gasteiger partial charge is 0.377 e. The van der Waals surface area contributed by atoms with Gasteiger partial charge in [-0.3, -0.25) is 4.79 Å². The van der Waals surface area contributed by atoms with Gasteiger partial charge in [0.1, 0.15) is 5.75 Å². The fourth-order valence-electron chi connectivity index (χ4n) is 0.952. The lowest BCUT2D eigenvalue weighted by Gasteiger charge is -2.04. The normalized spacial score (nSPS) is 9.86. The van der Waals surface area contributed by atoms with Gasteiger partial charge in [0, 0.05) is 0 Å². The van der Waals surface area contributed by atoms with E-state index in [0.717, 1.165) is 0 Å². The van der Waals surface area contributed by atoms with Crippen LogP contribution in [0.1, 0.15) is 15.9 Å². The molecule has 5 heteroatoms. The number of halogens is 1. The highest BCUT2D eigenvalue weighted by molar-refractivity contribution is 6.45. The van der Waals surface area contributed by atoms with E-state index in [1.807, 2.05) is 0 Å². The van der Waals surface area contributed by atoms with Gasteiger partial charge in [-0.15, -0.1) is 0 Å². The molecular weight excluding hydrogens is 208 g/mol. The lowest BCUT2D eigenvalue weighted by atomic mass is 10.1. The number of ketones is 1. The Balaban J connectivity index is 3.31. The molecule has 0 fully saturated rings. The van der Waals surface area contributed by atoms with Crippen LogP contribution in [0, 0.1) is 6.92 Å². The molecule has 0 saturated carbocycles. The lowest BCUT2D eigenvalue weighted by Crippen LogP contribution is -2.13. The van der Waals surface area contributed by atoms with E-state index in [4.69, 9.17) is 16.7 Å². The summed E-state index contributed by atoms with van der Waals surface area (Å²) in [6.45, 7) is 1.59. The molecule has 0 aliphatic rings. The predicted octanol–water partition coefficient (Wildman–Crippen LogP) is 1.62. The van der Waals surface area contributed by atoms with Gasteiger partial charge in [0.05, 0.1) is 10.6 Å². The number of carboxylic acids is 1. The van der Waals surface area contributed by atoms with Crippen molar-refractivity contribution in [1.29, 1.82) is 0 Å². The maximum atomic E-state index is 11.0. The van der Waals surface area contributed by atoms with E-state index in [-0.39, 0.29) is 16.3 Å². The number of phenolic OH excluding ortho intramolecular Hbond substituents is 1. The van der Waals surface area contributed by atoms with Crippen molar-refractivity contribution in [2.24, 2.45) is 0 Å². The first kappa shape index (κ1) is 10.5. The number of hydrogen-bond acceptors (Lipinski definition) is 3. The zero-order valence-corrected chi connectivity index (χ0v) is 8.00. The van der Waals surface area contributed by atoms with E-state index < -0.39 is 11.8 Å². The Morgan fingerprint density at radius 1 is 1.36 bits per heavy atom. The van der Waals surface area contributed by atoms with Gasteiger partial charge in [-0.2, -0.15) is 0 Å². The maximum Gasteiger partial charge on any atom is 0.377 e. The van der Waals surface area contributed by atoms with Crippen molar-refractivity contribution in [3.8, 4) is 5.75 Å². The Kier molecular flexibility index (Phi) is 2.76. The molecule has 0 saturated heterocycles. The molecule has 0 bridgehead atoms. The molecule has 0 unspecified atom stereocenters. The predicted molar refractivity (Wildman–Crippen MR) is 49.8 cm³/mol. The zero-order valence-electron chi connectivity index (χ0n) is 7.24. The Labute approximate surface area is 84.7 Å². The SMILES string of the molecule is Cc1ccc(C(=O)C(=O)O)c(Cl)c1O. The summed E-state index contributed by atoms with van der Waals surface area (Å²) in [5.74, 6) is -3.00. The lowest BCUT2D eigenvalue weighted by molar-refractivity contribution is -0.131. The Bertz CT molecular complexity index is 412. The number of Topliss-reactive ketones (excluding diaryl/α,β-unsaturated/α-hetero) is 1. The first-order valence-electron chi connectivity index (χ1n) is 3.71. The molecule has 0 amide bonds. The van der Waals surface area contributed by atoms with Gasteiger partial charge in [0.15, 0.2) is 0 Å². The number of benzene rings is 1. The average molecular weight is 215 g/mol. The van der Waals surface area contributed by atoms with Crippen LogP contribution < -0.4 is 0 Å². The number of carbonyl (C=O) groups is 2. The number of rotatable bonds is 2. The molecular formula is C9H7ClO4. The summed E-state index contributed by atoms with van der Waals surface area (Å²) >= 11 is 5.60. The average Bonchev–Trinajstić information content (AvgIpc) is 2.13. The van der Waals surface area contributed by atoms with Gasteiger partial charge in [0.25, 0.3) is 5.78 Å². The highest BCUT2D eigenvalue weighted by Crippen LogP contribution is 2.30. The van der Waals surface area contributed by atoms with Crippen LogP contribution in [-0.4, -0.2) is 22.0 Å². The van der Waals surface area contributed by atoms with Crippen LogP contribution in [0.5, 0.6) is 5.75 Å². The number of aromatic hydroxyl groups is 1. The van der Waals surface area contributed by atoms with Gasteiger partial charge < -0.3 is 10.2 Å². The molecule has 1 rings (SSSR count). The van der Waals surface area contributed by atoms with Crippen LogP contribution in [0.4, 0.5) is 0 Å². The fourth-order valence-corrected chi connectivity index (χ4v) is 1.25. The molecule has 0 spiro atoms. The van der Waals surface area contributed by atoms with Crippen LogP contribution in [0.15, 0.2) is 12.1 Å². The van der Waals surface area contributed by atoms with Crippen molar-refractivity contribution >= 4 is 23.4 Å². The third-order valence-corrected chi connectivity index (χ3v) is 2.14. The number of carbonyl (C=O) groups excluding carboxylic acids is 1. The van der Waals surface area contributed by atoms with Crippen molar-refractivity contribution in [1.82, 2.24) is 0 Å². The third kappa shape index (κ3) is 1.70. The van der Waals surface area contributed by atoms with E-state index in [9.17, 15) is 14.7 Å². The standard InChI is InChI=1S/C9H7ClO4/c1-4-2-3-5(6(10)7(4)11)8(12)9(13)14/h2-3,11H,1H3,(H,13,14). The number of aliphatic carboxylic acids is 1. The molecule has 0 atom stereocenters. The maximum absolute atomic E-state index is 11.0. The molecule has 14 heavy (non-hydrogen) atoms. The summed E-state index contributed by atoms with van der Waals surface area (Å²) < 4.78 is 0. The molecule has 0 heterocycles. The van der Waals surface area contributed by atoms with Crippen LogP contribution in [0.2, 0.25) is 5.02 Å². The van der Waals surface area contributed by atoms with Crippen LogP contribution >= 0.6 is 11.6 Å². The summed E-state index contributed by atoms with van der Waals surface area (Å²) in [5.41, 5.74) is 0.277. The highest BCUT2D eigenvalue weighted by atomic mass is 35.5. The Morgan fingerprint density at radius 2 is 1.93 bits per heavy atom. The molecule has 0 aliphatic heterocycles. The van der Waals surface area contributed by atoms with E-state index >= 15 is 0 Å². The summed E-state index contributed by atoms with van der Waals surface area (Å²) in [6, 6.07) is 2.70. The minimum Gasteiger partial charge on any atom is -0.506 e. The molecule has 1 aromatic carbocycles. The molecule has 4 nitrogen and oxygen atoms in total. The summed E-state index contributed by atoms with van der Waals surface area (Å²) in [4.78, 5) is 21.4. The second kappa shape index (κ2) is 3.67. The zero-order chi connectivity index (χ0) is 10.9. The van der Waals surface area contributed by atoms with Crippen molar-refractivity contribution in [3.05, 3.63) is 28.3 Å². The number of carboxylic acid groups (broad SMARTS) is 1. The van der Waals surface area contributed by atoms with E-state index in [0.29, 0.717) is 5.56 Å². The Morgan fingerprint density at radius 3 is 2.43 bits per heavy atom. The number of aryl methyl sites for hydroxylation is 1. The third-order valence-electron chi connectivity index (χ3n) is 1.76. The monoisotopic (exact) mass is 214 g/mol. The van der Waals surface area contributed by atoms with E-state index in [1.165, 1.54) is 12.1 Å². The minimum absolute atomic E-state index is 0.206. The van der Waals surface area contributed by atoms with Crippen molar-refractivity contribution in [2.45, 2.75) is 6.92 Å². The number of hydrogen-bond donors (Lipinski definition) is 2. The fraction of sp³-hybridized carbons (Fsp3) is 0.111. The van der Waals surface area contributed by atoms with Gasteiger partial charge in [-0.05, 0) is 18.6 Å². The van der Waals surface area contributed by atoms with Gasteiger partial charge in [0.2, 0.25) is 0 Å². The van der Waals surface area contributed by atoms with Crippen LogP contribution in [0.25, 0.3) is 0 Å². The van der Waals surface area contributed by atoms with Crippen molar-refractivity contribution < 1.29 is 19.8 Å². The van der Waals surface area contributed by atoms with Gasteiger partial charge in [-0.1, -0.05) is 17.7 Å². The van der Waals surface area contributed by atoms with Crippen LogP contribution in [-0.2, 0) is 4.79 Å². The molecule has 2 N–H and O–H groups in total. The van der Waals surface area contributed by atoms with Gasteiger partial charge in [-0.25, -0.2) is 4.79 Å². The minimum atomic E-state index is -1.60. The molecule has 0 aromatic heterocycles. The van der Waals surface area contributed by atoms with Crippen LogP contribution in [0.3, 0.4) is 0 Å². The van der Waals surface area contributed by atoms with Gasteiger partial charge >= 0.3 is 5.97 Å². The summed E-state index contributed by atoms with van der Waals surface area (Å²) in [6.07, 6.45) is 0. The number of phenols is 1. The van der Waals surface area contributed by atoms with Crippen molar-refractivity contribution in [2.75, 3.05) is 0 Å². The first-order valence-corrected chi connectivity index (χ1v) is 4.08. The molecule has 74 valence electrons. The van der Waals surface area contributed by atoms with E-state index in [2.05, 4.69) is 0 Å². The van der Waals surface area contributed by atoms with Crippen molar-refractivity contribution in [3.63, 3.8) is 0 Å².